The first-order chi connectivity index (χ1) is 13.1. The molecule has 1 aromatic heterocycles. The second-order valence-corrected chi connectivity index (χ2v) is 6.49. The lowest BCUT2D eigenvalue weighted by molar-refractivity contribution is 0.0717. The van der Waals surface area contributed by atoms with Gasteiger partial charge in [-0.2, -0.15) is 0 Å². The number of anilines is 1. The molecule has 27 heavy (non-hydrogen) atoms. The van der Waals surface area contributed by atoms with Crippen LogP contribution >= 0.6 is 0 Å². The van der Waals surface area contributed by atoms with E-state index >= 15 is 0 Å². The van der Waals surface area contributed by atoms with Gasteiger partial charge in [0.15, 0.2) is 0 Å². The summed E-state index contributed by atoms with van der Waals surface area (Å²) in [5.41, 5.74) is 1.16. The number of nitrogens with zero attached hydrogens (tertiary/aromatic N) is 2. The van der Waals surface area contributed by atoms with Crippen molar-refractivity contribution in [1.82, 2.24) is 9.80 Å². The Balaban J connectivity index is 1.62. The van der Waals surface area contributed by atoms with Crippen LogP contribution in [0, 0.1) is 5.82 Å². The summed E-state index contributed by atoms with van der Waals surface area (Å²) in [6, 6.07) is 5.87. The van der Waals surface area contributed by atoms with Gasteiger partial charge in [-0.15, -0.1) is 0 Å². The fourth-order valence-corrected chi connectivity index (χ4v) is 3.24. The number of aliphatic hydroxyl groups excluding tert-OH is 1. The quantitative estimate of drug-likeness (QED) is 0.809. The number of carbonyl (C=O) groups is 1. The first kappa shape index (κ1) is 19.2. The van der Waals surface area contributed by atoms with Crippen LogP contribution < -0.4 is 10.1 Å². The topological polar surface area (TPSA) is 78.2 Å². The molecule has 146 valence electrons. The maximum Gasteiger partial charge on any atom is 0.322 e. The number of methoxy groups -OCH3 is 1. The van der Waals surface area contributed by atoms with Gasteiger partial charge in [0.25, 0.3) is 0 Å². The number of halogens is 1. The molecule has 2 amide bonds. The second-order valence-electron chi connectivity index (χ2n) is 6.49. The number of ether oxygens (including phenoxy) is 1. The molecule has 0 saturated carbocycles. The Hall–Kier alpha value is -2.58. The largest absolute Gasteiger partial charge is 0.497 e. The number of furan rings is 1. The van der Waals surface area contributed by atoms with Crippen LogP contribution in [-0.4, -0.2) is 60.3 Å². The molecule has 8 heteroatoms. The van der Waals surface area contributed by atoms with Gasteiger partial charge in [0.1, 0.15) is 11.6 Å². The molecule has 1 fully saturated rings. The van der Waals surface area contributed by atoms with E-state index in [1.807, 2.05) is 6.07 Å². The molecule has 3 rings (SSSR count). The van der Waals surface area contributed by atoms with Gasteiger partial charge in [0, 0.05) is 50.5 Å². The van der Waals surface area contributed by atoms with E-state index in [9.17, 15) is 14.3 Å². The van der Waals surface area contributed by atoms with Gasteiger partial charge in [0.2, 0.25) is 0 Å². The Bertz CT molecular complexity index is 753. The maximum absolute atomic E-state index is 14.1. The Labute approximate surface area is 157 Å². The Kier molecular flexibility index (Phi) is 6.31. The summed E-state index contributed by atoms with van der Waals surface area (Å²) in [5, 5.41) is 12.0. The Morgan fingerprint density at radius 2 is 2.26 bits per heavy atom. The average molecular weight is 377 g/mol. The minimum absolute atomic E-state index is 0.0186. The third kappa shape index (κ3) is 4.78. The number of rotatable bonds is 6. The molecule has 2 N–H and O–H groups in total. The molecular weight excluding hydrogens is 353 g/mol. The van der Waals surface area contributed by atoms with Crippen LogP contribution in [-0.2, 0) is 6.54 Å². The number of aliphatic hydroxyl groups is 1. The summed E-state index contributed by atoms with van der Waals surface area (Å²) < 4.78 is 24.2. The third-order valence-corrected chi connectivity index (χ3v) is 4.74. The van der Waals surface area contributed by atoms with Gasteiger partial charge in [-0.25, -0.2) is 9.18 Å². The zero-order valence-electron chi connectivity index (χ0n) is 15.2. The lowest BCUT2D eigenvalue weighted by Gasteiger charge is -2.41. The number of hydrogen-bond acceptors (Lipinski definition) is 5. The number of urea groups is 1. The van der Waals surface area contributed by atoms with Crippen molar-refractivity contribution >= 4 is 11.7 Å². The van der Waals surface area contributed by atoms with E-state index < -0.39 is 5.82 Å². The third-order valence-electron chi connectivity index (χ3n) is 4.74. The minimum atomic E-state index is -0.548. The SMILES string of the molecule is COc1ccc(NC(=O)N2CCN(Cc3ccoc3)C(CCO)C2)c(F)c1. The standard InChI is InChI=1S/C19H24FN3O4/c1-26-16-2-3-18(17(20)10-16)21-19(25)23-7-6-22(15(12-23)4-8-24)11-14-5-9-27-13-14/h2-3,5,9-10,13,15,24H,4,6-8,11-12H2,1H3,(H,21,25). The summed E-state index contributed by atoms with van der Waals surface area (Å²) in [6.45, 7) is 2.37. The number of piperazine rings is 1. The summed E-state index contributed by atoms with van der Waals surface area (Å²) in [6.07, 6.45) is 3.88. The summed E-state index contributed by atoms with van der Waals surface area (Å²) in [5.74, 6) is -0.158. The zero-order chi connectivity index (χ0) is 19.2. The fourth-order valence-electron chi connectivity index (χ4n) is 3.24. The second kappa shape index (κ2) is 8.88. The number of hydrogen-bond donors (Lipinski definition) is 2. The van der Waals surface area contributed by atoms with Crippen molar-refractivity contribution in [2.24, 2.45) is 0 Å². The van der Waals surface area contributed by atoms with Crippen molar-refractivity contribution in [2.75, 3.05) is 38.7 Å². The predicted octanol–water partition coefficient (Wildman–Crippen LogP) is 2.53. The zero-order valence-corrected chi connectivity index (χ0v) is 15.2. The molecule has 7 nitrogen and oxygen atoms in total. The minimum Gasteiger partial charge on any atom is -0.497 e. The van der Waals surface area contributed by atoms with Gasteiger partial charge in [-0.1, -0.05) is 0 Å². The number of nitrogens with one attached hydrogen (secondary N) is 1. The van der Waals surface area contributed by atoms with Gasteiger partial charge >= 0.3 is 6.03 Å². The van der Waals surface area contributed by atoms with Crippen molar-refractivity contribution in [3.8, 4) is 5.75 Å². The van der Waals surface area contributed by atoms with Crippen molar-refractivity contribution in [2.45, 2.75) is 19.0 Å². The first-order valence-electron chi connectivity index (χ1n) is 8.86. The van der Waals surface area contributed by atoms with Crippen LogP contribution in [0.25, 0.3) is 0 Å². The molecule has 0 bridgehead atoms. The monoisotopic (exact) mass is 377 g/mol. The maximum atomic E-state index is 14.1. The van der Waals surface area contributed by atoms with Crippen LogP contribution in [0.4, 0.5) is 14.9 Å². The highest BCUT2D eigenvalue weighted by Crippen LogP contribution is 2.22. The van der Waals surface area contributed by atoms with E-state index in [0.29, 0.717) is 38.3 Å². The molecule has 1 aromatic carbocycles. The molecular formula is C19H24FN3O4. The molecule has 0 radical (unpaired) electrons. The predicted molar refractivity (Wildman–Crippen MR) is 98.2 cm³/mol. The molecule has 1 aliphatic rings. The summed E-state index contributed by atoms with van der Waals surface area (Å²) in [7, 11) is 1.46. The molecule has 1 aliphatic heterocycles. The molecule has 0 aliphatic carbocycles. The number of carbonyl (C=O) groups excluding carboxylic acids is 1. The van der Waals surface area contributed by atoms with Crippen LogP contribution in [0.3, 0.4) is 0 Å². The van der Waals surface area contributed by atoms with E-state index in [2.05, 4.69) is 10.2 Å². The van der Waals surface area contributed by atoms with Crippen molar-refractivity contribution < 1.29 is 23.4 Å². The van der Waals surface area contributed by atoms with Gasteiger partial charge in [-0.05, 0) is 24.6 Å². The van der Waals surface area contributed by atoms with E-state index in [4.69, 9.17) is 9.15 Å². The number of amides is 2. The molecule has 1 atom stereocenters. The molecule has 1 saturated heterocycles. The van der Waals surface area contributed by atoms with E-state index in [1.54, 1.807) is 23.5 Å². The van der Waals surface area contributed by atoms with Gasteiger partial charge in [0.05, 0.1) is 25.3 Å². The first-order valence-corrected chi connectivity index (χ1v) is 8.86. The van der Waals surface area contributed by atoms with Crippen LogP contribution in [0.2, 0.25) is 0 Å². The lowest BCUT2D eigenvalue weighted by Crippen LogP contribution is -2.55. The summed E-state index contributed by atoms with van der Waals surface area (Å²) in [4.78, 5) is 16.4. The van der Waals surface area contributed by atoms with Gasteiger partial charge in [-0.3, -0.25) is 4.90 Å². The molecule has 0 spiro atoms. The Morgan fingerprint density at radius 3 is 2.93 bits per heavy atom. The fraction of sp³-hybridized carbons (Fsp3) is 0.421. The summed E-state index contributed by atoms with van der Waals surface area (Å²) >= 11 is 0. The lowest BCUT2D eigenvalue weighted by atomic mass is 10.1. The highest BCUT2D eigenvalue weighted by Gasteiger charge is 2.29. The molecule has 1 unspecified atom stereocenters. The number of benzene rings is 1. The van der Waals surface area contributed by atoms with Crippen molar-refractivity contribution in [3.05, 3.63) is 48.2 Å². The highest BCUT2D eigenvalue weighted by atomic mass is 19.1. The van der Waals surface area contributed by atoms with Crippen molar-refractivity contribution in [1.29, 1.82) is 0 Å². The van der Waals surface area contributed by atoms with E-state index in [1.165, 1.54) is 19.2 Å². The Morgan fingerprint density at radius 1 is 1.41 bits per heavy atom. The molecule has 2 aromatic rings. The van der Waals surface area contributed by atoms with E-state index in [0.717, 1.165) is 5.56 Å². The van der Waals surface area contributed by atoms with Crippen molar-refractivity contribution in [3.63, 3.8) is 0 Å². The molecule has 2 heterocycles. The smallest absolute Gasteiger partial charge is 0.322 e. The van der Waals surface area contributed by atoms with E-state index in [-0.39, 0.29) is 24.4 Å². The van der Waals surface area contributed by atoms with Crippen LogP contribution in [0.5, 0.6) is 5.75 Å². The highest BCUT2D eigenvalue weighted by molar-refractivity contribution is 5.89. The van der Waals surface area contributed by atoms with Gasteiger partial charge < -0.3 is 24.5 Å². The normalized spacial score (nSPS) is 17.7. The van der Waals surface area contributed by atoms with Crippen LogP contribution in [0.15, 0.2) is 41.2 Å². The average Bonchev–Trinajstić information content (AvgIpc) is 3.18. The van der Waals surface area contributed by atoms with Crippen LogP contribution in [0.1, 0.15) is 12.0 Å².